The van der Waals surface area contributed by atoms with Gasteiger partial charge in [0.1, 0.15) is 0 Å². The third-order valence-corrected chi connectivity index (χ3v) is 2.99. The second kappa shape index (κ2) is 5.26. The summed E-state index contributed by atoms with van der Waals surface area (Å²) in [5.41, 5.74) is 2.77. The van der Waals surface area contributed by atoms with E-state index in [1.54, 1.807) is 0 Å². The van der Waals surface area contributed by atoms with Crippen LogP contribution in [0.2, 0.25) is 0 Å². The Hall–Kier alpha value is -0.520. The number of hydrogen-bond donors (Lipinski definition) is 0. The molecule has 0 unspecified atom stereocenters. The molecule has 0 radical (unpaired) electrons. The molecule has 0 aliphatic heterocycles. The molecule has 13 heavy (non-hydrogen) atoms. The lowest BCUT2D eigenvalue weighted by Crippen LogP contribution is -2.22. The molecule has 0 nitrogen and oxygen atoms in total. The molecule has 0 spiro atoms. The normalized spacial score (nSPS) is 11.4. The van der Waals surface area contributed by atoms with E-state index in [9.17, 15) is 0 Å². The molecular weight excluding hydrogens is 156 g/mol. The molecular formula is C13H24. The molecule has 0 amide bonds. The van der Waals surface area contributed by atoms with Gasteiger partial charge in [0.05, 0.1) is 0 Å². The van der Waals surface area contributed by atoms with Gasteiger partial charge in [-0.05, 0) is 26.7 Å². The Labute approximate surface area is 83.7 Å². The van der Waals surface area contributed by atoms with Crippen LogP contribution >= 0.6 is 0 Å². The van der Waals surface area contributed by atoms with Gasteiger partial charge < -0.3 is 0 Å². The fourth-order valence-electron chi connectivity index (χ4n) is 2.20. The summed E-state index contributed by atoms with van der Waals surface area (Å²) in [4.78, 5) is 0. The third-order valence-electron chi connectivity index (χ3n) is 2.99. The number of allylic oxidation sites excluding steroid dienone is 2. The van der Waals surface area contributed by atoms with Crippen LogP contribution in [0.4, 0.5) is 0 Å². The molecule has 0 aliphatic rings. The van der Waals surface area contributed by atoms with Gasteiger partial charge in [-0.3, -0.25) is 0 Å². The zero-order chi connectivity index (χ0) is 10.5. The van der Waals surface area contributed by atoms with Crippen molar-refractivity contribution in [3.63, 3.8) is 0 Å². The topological polar surface area (TPSA) is 0 Å². The summed E-state index contributed by atoms with van der Waals surface area (Å²) in [5.74, 6) is 0. The Morgan fingerprint density at radius 3 is 1.38 bits per heavy atom. The Morgan fingerprint density at radius 1 is 0.923 bits per heavy atom. The summed E-state index contributed by atoms with van der Waals surface area (Å²) in [7, 11) is 0. The smallest absolute Gasteiger partial charge is 0.0109 e. The Balaban J connectivity index is 4.80. The molecule has 0 aromatic carbocycles. The first-order valence-electron chi connectivity index (χ1n) is 5.33. The first kappa shape index (κ1) is 12.5. The molecule has 0 atom stereocenters. The van der Waals surface area contributed by atoms with Gasteiger partial charge in [0, 0.05) is 5.41 Å². The quantitative estimate of drug-likeness (QED) is 0.519. The van der Waals surface area contributed by atoms with Crippen LogP contribution in [0.1, 0.15) is 53.4 Å². The summed E-state index contributed by atoms with van der Waals surface area (Å²) in [6.07, 6.45) is 4.82. The molecule has 0 rings (SSSR count). The molecule has 0 heterocycles. The summed E-state index contributed by atoms with van der Waals surface area (Å²) in [5, 5.41) is 0. The lowest BCUT2D eigenvalue weighted by Gasteiger charge is -2.35. The minimum atomic E-state index is 0.212. The van der Waals surface area contributed by atoms with Crippen molar-refractivity contribution in [1.29, 1.82) is 0 Å². The summed E-state index contributed by atoms with van der Waals surface area (Å²) >= 11 is 0. The molecule has 0 aliphatic carbocycles. The van der Waals surface area contributed by atoms with Crippen molar-refractivity contribution < 1.29 is 0 Å². The summed E-state index contributed by atoms with van der Waals surface area (Å²) in [6.45, 7) is 17.0. The molecule has 0 bridgehead atoms. The molecule has 0 aromatic heterocycles. The highest BCUT2D eigenvalue weighted by molar-refractivity contribution is 5.22. The van der Waals surface area contributed by atoms with Crippen molar-refractivity contribution in [3.05, 3.63) is 24.3 Å². The molecule has 76 valence electrons. The van der Waals surface area contributed by atoms with Crippen molar-refractivity contribution in [3.8, 4) is 0 Å². The van der Waals surface area contributed by atoms with Crippen LogP contribution in [0.25, 0.3) is 0 Å². The van der Waals surface area contributed by atoms with Crippen molar-refractivity contribution in [2.24, 2.45) is 5.41 Å². The van der Waals surface area contributed by atoms with Crippen LogP contribution in [-0.2, 0) is 0 Å². The zero-order valence-corrected chi connectivity index (χ0v) is 9.74. The third kappa shape index (κ3) is 2.72. The molecule has 0 heteroatoms. The van der Waals surface area contributed by atoms with Crippen molar-refractivity contribution in [2.75, 3.05) is 0 Å². The predicted octanol–water partition coefficient (Wildman–Crippen LogP) is 4.73. The molecule has 0 saturated carbocycles. The summed E-state index contributed by atoms with van der Waals surface area (Å²) in [6, 6.07) is 0. The highest BCUT2D eigenvalue weighted by Gasteiger charge is 2.29. The van der Waals surface area contributed by atoms with Gasteiger partial charge in [0.15, 0.2) is 0 Å². The van der Waals surface area contributed by atoms with E-state index < -0.39 is 0 Å². The first-order valence-corrected chi connectivity index (χ1v) is 5.33. The molecule has 0 aromatic rings. The van der Waals surface area contributed by atoms with Gasteiger partial charge in [0.25, 0.3) is 0 Å². The van der Waals surface area contributed by atoms with Gasteiger partial charge >= 0.3 is 0 Å². The van der Waals surface area contributed by atoms with Crippen LogP contribution in [0.3, 0.4) is 0 Å². The number of rotatable bonds is 6. The maximum absolute atomic E-state index is 4.13. The fraction of sp³-hybridized carbons (Fsp3) is 0.692. The van der Waals surface area contributed by atoms with Crippen LogP contribution in [0, 0.1) is 5.41 Å². The van der Waals surface area contributed by atoms with E-state index in [1.807, 2.05) is 0 Å². The predicted molar refractivity (Wildman–Crippen MR) is 61.9 cm³/mol. The van der Waals surface area contributed by atoms with Crippen LogP contribution in [0.5, 0.6) is 0 Å². The monoisotopic (exact) mass is 180 g/mol. The maximum Gasteiger partial charge on any atom is 0.0109 e. The van der Waals surface area contributed by atoms with Crippen molar-refractivity contribution in [1.82, 2.24) is 0 Å². The van der Waals surface area contributed by atoms with Crippen LogP contribution in [0.15, 0.2) is 24.3 Å². The lowest BCUT2D eigenvalue weighted by molar-refractivity contribution is 0.357. The van der Waals surface area contributed by atoms with Gasteiger partial charge in [-0.2, -0.15) is 0 Å². The minimum absolute atomic E-state index is 0.212. The van der Waals surface area contributed by atoms with E-state index in [0.717, 1.165) is 0 Å². The second-order valence-corrected chi connectivity index (χ2v) is 4.14. The van der Waals surface area contributed by atoms with Gasteiger partial charge in [-0.25, -0.2) is 0 Å². The molecule has 0 N–H and O–H groups in total. The van der Waals surface area contributed by atoms with E-state index in [2.05, 4.69) is 40.9 Å². The molecule has 0 saturated heterocycles. The number of hydrogen-bond acceptors (Lipinski definition) is 0. The Morgan fingerprint density at radius 2 is 1.23 bits per heavy atom. The van der Waals surface area contributed by atoms with E-state index in [1.165, 1.54) is 36.8 Å². The highest BCUT2D eigenvalue weighted by atomic mass is 14.3. The lowest BCUT2D eigenvalue weighted by atomic mass is 9.70. The van der Waals surface area contributed by atoms with Crippen molar-refractivity contribution in [2.45, 2.75) is 53.4 Å². The molecule has 0 fully saturated rings. The average Bonchev–Trinajstić information content (AvgIpc) is 2.03. The van der Waals surface area contributed by atoms with Crippen molar-refractivity contribution >= 4 is 0 Å². The zero-order valence-electron chi connectivity index (χ0n) is 9.74. The largest absolute Gasteiger partial charge is 0.0993 e. The van der Waals surface area contributed by atoms with E-state index >= 15 is 0 Å². The minimum Gasteiger partial charge on any atom is -0.0993 e. The Kier molecular flexibility index (Phi) is 5.05. The van der Waals surface area contributed by atoms with Gasteiger partial charge in [0.2, 0.25) is 0 Å². The van der Waals surface area contributed by atoms with E-state index in [0.29, 0.717) is 0 Å². The van der Waals surface area contributed by atoms with Gasteiger partial charge in [-0.15, -0.1) is 0 Å². The van der Waals surface area contributed by atoms with Gasteiger partial charge in [-0.1, -0.05) is 51.0 Å². The first-order chi connectivity index (χ1) is 6.01. The average molecular weight is 180 g/mol. The summed E-state index contributed by atoms with van der Waals surface area (Å²) < 4.78 is 0. The van der Waals surface area contributed by atoms with E-state index in [-0.39, 0.29) is 5.41 Å². The highest BCUT2D eigenvalue weighted by Crippen LogP contribution is 2.42. The fourth-order valence-corrected chi connectivity index (χ4v) is 2.20. The Bertz CT molecular complexity index is 164. The second-order valence-electron chi connectivity index (χ2n) is 4.14. The van der Waals surface area contributed by atoms with Crippen LogP contribution < -0.4 is 0 Å². The van der Waals surface area contributed by atoms with Crippen LogP contribution in [-0.4, -0.2) is 0 Å². The standard InChI is InChI=1S/C13H24/c1-7-9-13(10-8-2,11(3)4)12(5)6/h3,5,7-10H2,1-2,4,6H3. The SMILES string of the molecule is C=C(C)C(CCC)(CCC)C(=C)C. The van der Waals surface area contributed by atoms with E-state index in [4.69, 9.17) is 0 Å². The maximum atomic E-state index is 4.13.